The number of nitrogens with zero attached hydrogens (tertiary/aromatic N) is 1. The minimum atomic E-state index is -0.309. The third kappa shape index (κ3) is 2.65. The van der Waals surface area contributed by atoms with Gasteiger partial charge in [-0.15, -0.1) is 0 Å². The number of benzene rings is 3. The fourth-order valence-corrected chi connectivity index (χ4v) is 5.11. The van der Waals surface area contributed by atoms with Crippen LogP contribution in [0.25, 0.3) is 0 Å². The molecule has 27 heavy (non-hydrogen) atoms. The van der Waals surface area contributed by atoms with Crippen molar-refractivity contribution in [2.75, 3.05) is 5.32 Å². The van der Waals surface area contributed by atoms with Crippen molar-refractivity contribution in [3.63, 3.8) is 0 Å². The highest BCUT2D eigenvalue weighted by Gasteiger charge is 2.43. The molecule has 0 fully saturated rings. The van der Waals surface area contributed by atoms with Gasteiger partial charge < -0.3 is 5.32 Å². The molecule has 1 aliphatic heterocycles. The minimum absolute atomic E-state index is 0.152. The maximum Gasteiger partial charge on any atom is 0.269 e. The smallest absolute Gasteiger partial charge is 0.269 e. The summed E-state index contributed by atoms with van der Waals surface area (Å²) in [4.78, 5) is 11.0. The number of nitro groups is 1. The highest BCUT2D eigenvalue weighted by Crippen LogP contribution is 2.54. The average molecular weight is 421 g/mol. The number of hydrogen-bond acceptors (Lipinski definition) is 3. The van der Waals surface area contributed by atoms with Crippen LogP contribution in [-0.2, 0) is 6.42 Å². The number of halogens is 1. The van der Waals surface area contributed by atoms with Gasteiger partial charge in [0, 0.05) is 28.2 Å². The van der Waals surface area contributed by atoms with Crippen LogP contribution in [0.5, 0.6) is 0 Å². The number of anilines is 1. The molecule has 0 saturated carbocycles. The molecule has 0 spiro atoms. The Labute approximate surface area is 165 Å². The quantitative estimate of drug-likeness (QED) is 0.419. The average Bonchev–Trinajstić information content (AvgIpc) is 3.06. The van der Waals surface area contributed by atoms with Crippen LogP contribution in [0.3, 0.4) is 0 Å². The lowest BCUT2D eigenvalue weighted by Crippen LogP contribution is -2.30. The van der Waals surface area contributed by atoms with Gasteiger partial charge in [-0.1, -0.05) is 52.3 Å². The molecular weight excluding hydrogens is 404 g/mol. The maximum absolute atomic E-state index is 11.3. The van der Waals surface area contributed by atoms with Gasteiger partial charge in [0.25, 0.3) is 5.69 Å². The number of hydrogen-bond donors (Lipinski definition) is 1. The Balaban J connectivity index is 1.69. The molecule has 3 atom stereocenters. The van der Waals surface area contributed by atoms with Crippen molar-refractivity contribution in [1.29, 1.82) is 0 Å². The second-order valence-corrected chi connectivity index (χ2v) is 8.17. The zero-order chi connectivity index (χ0) is 18.5. The summed E-state index contributed by atoms with van der Waals surface area (Å²) in [6.45, 7) is 0. The van der Waals surface area contributed by atoms with Crippen molar-refractivity contribution in [3.8, 4) is 0 Å². The Morgan fingerprint density at radius 1 is 1.00 bits per heavy atom. The van der Waals surface area contributed by atoms with E-state index in [-0.39, 0.29) is 22.6 Å². The minimum Gasteiger partial charge on any atom is -0.378 e. The first-order chi connectivity index (χ1) is 13.1. The van der Waals surface area contributed by atoms with Gasteiger partial charge in [0.05, 0.1) is 11.0 Å². The molecule has 0 amide bonds. The van der Waals surface area contributed by atoms with E-state index < -0.39 is 0 Å². The molecule has 2 aliphatic rings. The van der Waals surface area contributed by atoms with Gasteiger partial charge in [-0.05, 0) is 52.8 Å². The first kappa shape index (κ1) is 16.5. The molecule has 5 heteroatoms. The number of fused-ring (bicyclic) bond motifs is 5. The summed E-state index contributed by atoms with van der Waals surface area (Å²) < 4.78 is 1.06. The summed E-state index contributed by atoms with van der Waals surface area (Å²) in [6.07, 6.45) is 0.965. The van der Waals surface area contributed by atoms with Gasteiger partial charge >= 0.3 is 0 Å². The maximum atomic E-state index is 11.3. The van der Waals surface area contributed by atoms with Gasteiger partial charge in [-0.3, -0.25) is 10.1 Å². The van der Waals surface area contributed by atoms with Crippen molar-refractivity contribution in [2.24, 2.45) is 5.92 Å². The lowest BCUT2D eigenvalue weighted by molar-refractivity contribution is -0.384. The number of nitrogens with one attached hydrogen (secondary N) is 1. The zero-order valence-corrected chi connectivity index (χ0v) is 16.0. The van der Waals surface area contributed by atoms with Crippen LogP contribution < -0.4 is 5.32 Å². The molecule has 0 radical (unpaired) electrons. The lowest BCUT2D eigenvalue weighted by Gasteiger charge is -2.38. The van der Waals surface area contributed by atoms with Crippen molar-refractivity contribution >= 4 is 27.3 Å². The summed E-state index contributed by atoms with van der Waals surface area (Å²) in [5, 5.41) is 15.0. The van der Waals surface area contributed by atoms with E-state index >= 15 is 0 Å². The van der Waals surface area contributed by atoms with Crippen LogP contribution in [0.1, 0.15) is 34.2 Å². The summed E-state index contributed by atoms with van der Waals surface area (Å²) in [6, 6.07) is 22.3. The molecule has 134 valence electrons. The first-order valence-electron chi connectivity index (χ1n) is 9.00. The van der Waals surface area contributed by atoms with E-state index in [1.807, 2.05) is 12.1 Å². The summed E-state index contributed by atoms with van der Waals surface area (Å²) in [7, 11) is 0. The fraction of sp³-hybridized carbons (Fsp3) is 0.182. The molecule has 0 unspecified atom stereocenters. The monoisotopic (exact) mass is 420 g/mol. The van der Waals surface area contributed by atoms with Crippen LogP contribution in [0.4, 0.5) is 11.4 Å². The second-order valence-electron chi connectivity index (χ2n) is 7.25. The SMILES string of the molecule is O=[N+]([O-])c1ccc2c(c1)[C@@H]1c3ccccc3C[C@H]1[C@@H](c1cccc(Br)c1)N2. The van der Waals surface area contributed by atoms with Gasteiger partial charge in [-0.25, -0.2) is 0 Å². The number of non-ortho nitro benzene ring substituents is 1. The standard InChI is InChI=1S/C22H17BrN2O2/c23-15-6-3-5-14(10-15)22-19-11-13-4-1-2-7-17(13)21(19)18-12-16(25(26)27)8-9-20(18)24-22/h1-10,12,19,21-22,24H,11H2/t19-,21+,22-/m1/s1. The third-order valence-electron chi connectivity index (χ3n) is 5.80. The van der Waals surface area contributed by atoms with Crippen molar-refractivity contribution in [2.45, 2.75) is 18.4 Å². The van der Waals surface area contributed by atoms with E-state index in [1.165, 1.54) is 16.7 Å². The first-order valence-corrected chi connectivity index (χ1v) is 9.79. The van der Waals surface area contributed by atoms with E-state index in [2.05, 4.69) is 63.7 Å². The fourth-order valence-electron chi connectivity index (χ4n) is 4.69. The van der Waals surface area contributed by atoms with E-state index in [1.54, 1.807) is 12.1 Å². The van der Waals surface area contributed by atoms with Crippen LogP contribution >= 0.6 is 15.9 Å². The zero-order valence-electron chi connectivity index (χ0n) is 14.4. The Morgan fingerprint density at radius 2 is 1.85 bits per heavy atom. The van der Waals surface area contributed by atoms with Gasteiger partial charge in [-0.2, -0.15) is 0 Å². The molecule has 1 heterocycles. The van der Waals surface area contributed by atoms with E-state index in [4.69, 9.17) is 0 Å². The van der Waals surface area contributed by atoms with E-state index in [0.29, 0.717) is 5.92 Å². The van der Waals surface area contributed by atoms with Crippen molar-refractivity contribution in [1.82, 2.24) is 0 Å². The molecule has 3 aromatic rings. The van der Waals surface area contributed by atoms with Gasteiger partial charge in [0.1, 0.15) is 0 Å². The Kier molecular flexibility index (Phi) is 3.79. The molecule has 0 saturated heterocycles. The predicted octanol–water partition coefficient (Wildman–Crippen LogP) is 5.83. The Morgan fingerprint density at radius 3 is 2.67 bits per heavy atom. The lowest BCUT2D eigenvalue weighted by atomic mass is 9.75. The van der Waals surface area contributed by atoms with Gasteiger partial charge in [0.15, 0.2) is 0 Å². The molecule has 5 rings (SSSR count). The molecule has 4 nitrogen and oxygen atoms in total. The molecular formula is C22H17BrN2O2. The third-order valence-corrected chi connectivity index (χ3v) is 6.30. The second kappa shape index (κ2) is 6.20. The highest BCUT2D eigenvalue weighted by atomic mass is 79.9. The van der Waals surface area contributed by atoms with Crippen LogP contribution in [0.15, 0.2) is 71.2 Å². The van der Waals surface area contributed by atoms with E-state index in [0.717, 1.165) is 22.1 Å². The highest BCUT2D eigenvalue weighted by molar-refractivity contribution is 9.10. The Hall–Kier alpha value is -2.66. The van der Waals surface area contributed by atoms with Crippen molar-refractivity contribution in [3.05, 3.63) is 104 Å². The van der Waals surface area contributed by atoms with Crippen LogP contribution in [0, 0.1) is 16.0 Å². The number of nitro benzene ring substituents is 1. The molecule has 1 N–H and O–H groups in total. The predicted molar refractivity (Wildman–Crippen MR) is 109 cm³/mol. The summed E-state index contributed by atoms with van der Waals surface area (Å²) in [5.41, 5.74) is 6.05. The topological polar surface area (TPSA) is 55.2 Å². The summed E-state index contributed by atoms with van der Waals surface area (Å²) in [5.74, 6) is 0.493. The van der Waals surface area contributed by atoms with Crippen molar-refractivity contribution < 1.29 is 4.92 Å². The summed E-state index contributed by atoms with van der Waals surface area (Å²) >= 11 is 3.58. The van der Waals surface area contributed by atoms with Gasteiger partial charge in [0.2, 0.25) is 0 Å². The van der Waals surface area contributed by atoms with Crippen LogP contribution in [-0.4, -0.2) is 4.92 Å². The van der Waals surface area contributed by atoms with Crippen LogP contribution in [0.2, 0.25) is 0 Å². The molecule has 3 aromatic carbocycles. The van der Waals surface area contributed by atoms with E-state index in [9.17, 15) is 10.1 Å². The molecule has 0 bridgehead atoms. The Bertz CT molecular complexity index is 1070. The normalized spacial score (nSPS) is 22.3. The molecule has 1 aliphatic carbocycles. The molecule has 0 aromatic heterocycles. The number of rotatable bonds is 2. The largest absolute Gasteiger partial charge is 0.378 e.